The van der Waals surface area contributed by atoms with Crippen LogP contribution < -0.4 is 9.47 Å². The van der Waals surface area contributed by atoms with Gasteiger partial charge in [-0.25, -0.2) is 0 Å². The van der Waals surface area contributed by atoms with Gasteiger partial charge in [0, 0.05) is 22.3 Å². The number of nitro groups is 2. The standard InChI is InChI=1S/C22H16ClN3O6/c1-31-22-7-2-13(8-14(22)12-32-17-5-3-15(23)4-6-17)19-11-18-20(24-19)9-16(25(27)28)10-21(18)26(29)30/h2-11,24H,12H2,1H3. The predicted octanol–water partition coefficient (Wildman–Crippen LogP) is 5.89. The fraction of sp³-hybridized carbons (Fsp3) is 0.0909. The van der Waals surface area contributed by atoms with Crippen LogP contribution in [0.4, 0.5) is 11.4 Å². The monoisotopic (exact) mass is 453 g/mol. The Kier molecular flexibility index (Phi) is 5.65. The van der Waals surface area contributed by atoms with Crippen LogP contribution in [0.2, 0.25) is 5.02 Å². The second-order valence-electron chi connectivity index (χ2n) is 6.89. The third-order valence-electron chi connectivity index (χ3n) is 4.91. The molecule has 1 N–H and O–H groups in total. The van der Waals surface area contributed by atoms with E-state index in [-0.39, 0.29) is 23.4 Å². The molecule has 32 heavy (non-hydrogen) atoms. The lowest BCUT2D eigenvalue weighted by molar-refractivity contribution is -0.393. The van der Waals surface area contributed by atoms with Gasteiger partial charge in [-0.05, 0) is 54.1 Å². The molecule has 0 radical (unpaired) electrons. The number of halogens is 1. The molecule has 0 atom stereocenters. The number of rotatable bonds is 7. The zero-order valence-corrected chi connectivity index (χ0v) is 17.5. The number of ether oxygens (including phenoxy) is 2. The SMILES string of the molecule is COc1ccc(-c2cc3c([N+](=O)[O-])cc([N+](=O)[O-])cc3[nH]2)cc1COc1ccc(Cl)cc1. The highest BCUT2D eigenvalue weighted by Crippen LogP contribution is 2.35. The van der Waals surface area contributed by atoms with E-state index in [4.69, 9.17) is 21.1 Å². The van der Waals surface area contributed by atoms with Gasteiger partial charge in [-0.15, -0.1) is 0 Å². The number of hydrogen-bond donors (Lipinski definition) is 1. The Morgan fingerprint density at radius 2 is 1.72 bits per heavy atom. The fourth-order valence-electron chi connectivity index (χ4n) is 3.37. The van der Waals surface area contributed by atoms with Crippen molar-refractivity contribution in [2.45, 2.75) is 6.61 Å². The zero-order chi connectivity index (χ0) is 22.8. The van der Waals surface area contributed by atoms with Gasteiger partial charge in [0.15, 0.2) is 0 Å². The van der Waals surface area contributed by atoms with Crippen molar-refractivity contribution < 1.29 is 19.3 Å². The number of aromatic amines is 1. The lowest BCUT2D eigenvalue weighted by atomic mass is 10.1. The maximum atomic E-state index is 11.4. The normalized spacial score (nSPS) is 10.8. The van der Waals surface area contributed by atoms with Gasteiger partial charge in [0.05, 0.1) is 33.9 Å². The van der Waals surface area contributed by atoms with Crippen molar-refractivity contribution in [1.82, 2.24) is 4.98 Å². The third-order valence-corrected chi connectivity index (χ3v) is 5.16. The number of nitrogens with zero attached hydrogens (tertiary/aromatic N) is 2. The van der Waals surface area contributed by atoms with Crippen LogP contribution in [0.5, 0.6) is 11.5 Å². The minimum Gasteiger partial charge on any atom is -0.496 e. The van der Waals surface area contributed by atoms with Crippen LogP contribution in [0.1, 0.15) is 5.56 Å². The van der Waals surface area contributed by atoms with Crippen LogP contribution in [-0.4, -0.2) is 21.9 Å². The average molecular weight is 454 g/mol. The van der Waals surface area contributed by atoms with E-state index < -0.39 is 9.85 Å². The number of fused-ring (bicyclic) bond motifs is 1. The Labute approximate surface area is 186 Å². The molecule has 0 bridgehead atoms. The van der Waals surface area contributed by atoms with Crippen molar-refractivity contribution in [2.75, 3.05) is 7.11 Å². The molecule has 4 rings (SSSR count). The van der Waals surface area contributed by atoms with Crippen molar-refractivity contribution in [1.29, 1.82) is 0 Å². The summed E-state index contributed by atoms with van der Waals surface area (Å²) in [5.74, 6) is 1.25. The number of nitrogens with one attached hydrogen (secondary N) is 1. The van der Waals surface area contributed by atoms with Gasteiger partial charge in [-0.2, -0.15) is 0 Å². The van der Waals surface area contributed by atoms with Gasteiger partial charge in [0.2, 0.25) is 0 Å². The highest BCUT2D eigenvalue weighted by atomic mass is 35.5. The molecule has 4 aromatic rings. The number of non-ortho nitro benzene ring substituents is 2. The van der Waals surface area contributed by atoms with Crippen molar-refractivity contribution in [3.8, 4) is 22.8 Å². The van der Waals surface area contributed by atoms with E-state index in [0.29, 0.717) is 33.3 Å². The van der Waals surface area contributed by atoms with Crippen molar-refractivity contribution in [2.24, 2.45) is 0 Å². The number of aromatic nitrogens is 1. The first-order valence-electron chi connectivity index (χ1n) is 9.37. The molecule has 0 unspecified atom stereocenters. The molecule has 0 saturated carbocycles. The fourth-order valence-corrected chi connectivity index (χ4v) is 3.49. The first kappa shape index (κ1) is 21.1. The molecule has 10 heteroatoms. The molecule has 0 aliphatic heterocycles. The highest BCUT2D eigenvalue weighted by molar-refractivity contribution is 6.30. The van der Waals surface area contributed by atoms with Gasteiger partial charge >= 0.3 is 0 Å². The second-order valence-corrected chi connectivity index (χ2v) is 7.33. The van der Waals surface area contributed by atoms with Crippen LogP contribution in [0.15, 0.2) is 60.7 Å². The first-order valence-corrected chi connectivity index (χ1v) is 9.74. The third kappa shape index (κ3) is 4.19. The Bertz CT molecular complexity index is 1330. The molecule has 162 valence electrons. The van der Waals surface area contributed by atoms with Crippen LogP contribution in [0.3, 0.4) is 0 Å². The number of nitro benzene ring substituents is 2. The summed E-state index contributed by atoms with van der Waals surface area (Å²) in [6.07, 6.45) is 0. The molecule has 0 saturated heterocycles. The molecular formula is C22H16ClN3O6. The van der Waals surface area contributed by atoms with Crippen molar-refractivity contribution >= 4 is 33.9 Å². The zero-order valence-electron chi connectivity index (χ0n) is 16.7. The minimum atomic E-state index is -0.660. The van der Waals surface area contributed by atoms with E-state index in [9.17, 15) is 20.2 Å². The largest absolute Gasteiger partial charge is 0.496 e. The van der Waals surface area contributed by atoms with E-state index in [0.717, 1.165) is 11.6 Å². The summed E-state index contributed by atoms with van der Waals surface area (Å²) in [6.45, 7) is 0.213. The lowest BCUT2D eigenvalue weighted by Gasteiger charge is -2.12. The number of benzene rings is 3. The van der Waals surface area contributed by atoms with Crippen molar-refractivity contribution in [3.63, 3.8) is 0 Å². The van der Waals surface area contributed by atoms with Crippen LogP contribution in [0, 0.1) is 20.2 Å². The molecule has 0 spiro atoms. The van der Waals surface area contributed by atoms with Gasteiger partial charge in [-0.3, -0.25) is 20.2 Å². The smallest absolute Gasteiger partial charge is 0.285 e. The summed E-state index contributed by atoms with van der Waals surface area (Å²) in [7, 11) is 1.55. The topological polar surface area (TPSA) is 121 Å². The average Bonchev–Trinajstić information content (AvgIpc) is 3.22. The van der Waals surface area contributed by atoms with Crippen molar-refractivity contribution in [3.05, 3.63) is 91.5 Å². The van der Waals surface area contributed by atoms with Crippen LogP contribution in [-0.2, 0) is 6.61 Å². The minimum absolute atomic E-state index is 0.213. The second kappa shape index (κ2) is 8.56. The summed E-state index contributed by atoms with van der Waals surface area (Å²) in [5, 5.41) is 23.5. The molecule has 0 aliphatic carbocycles. The summed E-state index contributed by atoms with van der Waals surface area (Å²) < 4.78 is 11.2. The van der Waals surface area contributed by atoms with Gasteiger partial charge in [0.25, 0.3) is 11.4 Å². The molecule has 1 aromatic heterocycles. The van der Waals surface area contributed by atoms with Gasteiger partial charge in [-0.1, -0.05) is 11.6 Å². The lowest BCUT2D eigenvalue weighted by Crippen LogP contribution is -1.99. The van der Waals surface area contributed by atoms with Crippen LogP contribution >= 0.6 is 11.6 Å². The van der Waals surface area contributed by atoms with Gasteiger partial charge in [0.1, 0.15) is 18.1 Å². The Morgan fingerprint density at radius 3 is 2.38 bits per heavy atom. The van der Waals surface area contributed by atoms with E-state index in [1.54, 1.807) is 49.6 Å². The molecule has 0 fully saturated rings. The Morgan fingerprint density at radius 1 is 0.969 bits per heavy atom. The molecular weight excluding hydrogens is 438 g/mol. The molecule has 0 aliphatic rings. The van der Waals surface area contributed by atoms with Crippen LogP contribution in [0.25, 0.3) is 22.2 Å². The molecule has 0 amide bonds. The summed E-state index contributed by atoms with van der Waals surface area (Å²) in [5.41, 5.74) is 1.64. The quantitative estimate of drug-likeness (QED) is 0.275. The Hall–Kier alpha value is -4.11. The first-order chi connectivity index (χ1) is 15.4. The van der Waals surface area contributed by atoms with Gasteiger partial charge < -0.3 is 14.5 Å². The summed E-state index contributed by atoms with van der Waals surface area (Å²) in [6, 6.07) is 16.2. The molecule has 9 nitrogen and oxygen atoms in total. The highest BCUT2D eigenvalue weighted by Gasteiger charge is 2.21. The summed E-state index contributed by atoms with van der Waals surface area (Å²) >= 11 is 5.90. The maximum absolute atomic E-state index is 11.4. The van der Waals surface area contributed by atoms with E-state index in [1.165, 1.54) is 6.07 Å². The maximum Gasteiger partial charge on any atom is 0.285 e. The number of methoxy groups -OCH3 is 1. The predicted molar refractivity (Wildman–Crippen MR) is 119 cm³/mol. The Balaban J connectivity index is 1.72. The number of H-pyrrole nitrogens is 1. The van der Waals surface area contributed by atoms with E-state index >= 15 is 0 Å². The molecule has 1 heterocycles. The molecule has 3 aromatic carbocycles. The van der Waals surface area contributed by atoms with E-state index in [2.05, 4.69) is 4.98 Å². The summed E-state index contributed by atoms with van der Waals surface area (Å²) in [4.78, 5) is 24.3. The van der Waals surface area contributed by atoms with E-state index in [1.807, 2.05) is 6.07 Å². The number of hydrogen-bond acceptors (Lipinski definition) is 6.